The molecule has 0 atom stereocenters. The molecule has 0 aliphatic heterocycles. The molecule has 0 bridgehead atoms. The van der Waals surface area contributed by atoms with Crippen LogP contribution in [0.3, 0.4) is 0 Å². The summed E-state index contributed by atoms with van der Waals surface area (Å²) in [5.41, 5.74) is 0.193. The predicted octanol–water partition coefficient (Wildman–Crippen LogP) is 2.62. The zero-order valence-corrected chi connectivity index (χ0v) is 7.69. The zero-order valence-electron chi connectivity index (χ0n) is 5.34. The summed E-state index contributed by atoms with van der Waals surface area (Å²) in [4.78, 5) is 10.3. The van der Waals surface area contributed by atoms with Crippen LogP contribution in [0.25, 0.3) is 0 Å². The highest BCUT2D eigenvalue weighted by Gasteiger charge is 2.04. The first-order valence-corrected chi connectivity index (χ1v) is 3.95. The summed E-state index contributed by atoms with van der Waals surface area (Å²) >= 11 is 8.75. The van der Waals surface area contributed by atoms with Crippen molar-refractivity contribution in [2.24, 2.45) is 0 Å². The maximum absolute atomic E-state index is 10.3. The van der Waals surface area contributed by atoms with Crippen LogP contribution in [-0.4, -0.2) is 11.4 Å². The van der Waals surface area contributed by atoms with Gasteiger partial charge in [-0.2, -0.15) is 0 Å². The number of hydrogen-bond donors (Lipinski definition) is 1. The molecule has 0 fully saturated rings. The molecule has 0 spiro atoms. The zero-order chi connectivity index (χ0) is 8.43. The molecule has 1 aromatic rings. The summed E-state index contributed by atoms with van der Waals surface area (Å²) < 4.78 is 0.572. The number of benzene rings is 1. The predicted molar refractivity (Wildman–Crippen MR) is 46.2 cm³/mol. The Bertz CT molecular complexity index is 299. The fraction of sp³-hybridized carbons (Fsp3) is 0. The van der Waals surface area contributed by atoms with Gasteiger partial charge in [0.15, 0.2) is 6.29 Å². The third kappa shape index (κ3) is 1.73. The quantitative estimate of drug-likeness (QED) is 0.760. The molecule has 0 radical (unpaired) electrons. The van der Waals surface area contributed by atoms with E-state index in [9.17, 15) is 4.79 Å². The number of aromatic hydroxyl groups is 1. The van der Waals surface area contributed by atoms with Crippen LogP contribution in [0.1, 0.15) is 10.4 Å². The van der Waals surface area contributed by atoms with Crippen molar-refractivity contribution < 1.29 is 9.90 Å². The molecular formula is C7H4BrClO2. The van der Waals surface area contributed by atoms with Gasteiger partial charge in [-0.15, -0.1) is 0 Å². The first-order valence-electron chi connectivity index (χ1n) is 2.78. The fourth-order valence-electron chi connectivity index (χ4n) is 0.646. The minimum absolute atomic E-state index is 0.0729. The summed E-state index contributed by atoms with van der Waals surface area (Å²) in [7, 11) is 0. The molecule has 11 heavy (non-hydrogen) atoms. The van der Waals surface area contributed by atoms with Gasteiger partial charge in [-0.05, 0) is 28.1 Å². The maximum Gasteiger partial charge on any atom is 0.153 e. The monoisotopic (exact) mass is 234 g/mol. The van der Waals surface area contributed by atoms with Gasteiger partial charge >= 0.3 is 0 Å². The molecule has 0 aromatic heterocycles. The minimum Gasteiger partial charge on any atom is -0.507 e. The van der Waals surface area contributed by atoms with E-state index >= 15 is 0 Å². The normalized spacial score (nSPS) is 9.64. The Morgan fingerprint density at radius 1 is 1.55 bits per heavy atom. The molecule has 0 aliphatic rings. The summed E-state index contributed by atoms with van der Waals surface area (Å²) in [5.74, 6) is -0.0729. The molecule has 0 heterocycles. The molecule has 0 unspecified atom stereocenters. The van der Waals surface area contributed by atoms with Crippen molar-refractivity contribution in [3.63, 3.8) is 0 Å². The molecule has 0 saturated carbocycles. The SMILES string of the molecule is O=Cc1cc(Cl)c(Br)cc1O. The van der Waals surface area contributed by atoms with E-state index in [-0.39, 0.29) is 11.3 Å². The first kappa shape index (κ1) is 8.56. The fourth-order valence-corrected chi connectivity index (χ4v) is 1.15. The Hall–Kier alpha value is -0.540. The van der Waals surface area contributed by atoms with E-state index in [2.05, 4.69) is 15.9 Å². The van der Waals surface area contributed by atoms with Crippen LogP contribution in [0.5, 0.6) is 5.75 Å². The van der Waals surface area contributed by atoms with E-state index in [1.54, 1.807) is 0 Å². The van der Waals surface area contributed by atoms with Crippen LogP contribution in [0, 0.1) is 0 Å². The number of phenols is 1. The lowest BCUT2D eigenvalue weighted by Crippen LogP contribution is -1.81. The molecule has 2 nitrogen and oxygen atoms in total. The smallest absolute Gasteiger partial charge is 0.153 e. The number of carbonyl (C=O) groups excluding carboxylic acids is 1. The van der Waals surface area contributed by atoms with Gasteiger partial charge in [0.2, 0.25) is 0 Å². The Morgan fingerprint density at radius 2 is 2.18 bits per heavy atom. The average Bonchev–Trinajstić information content (AvgIpc) is 1.97. The van der Waals surface area contributed by atoms with E-state index in [0.717, 1.165) is 0 Å². The van der Waals surface area contributed by atoms with Crippen molar-refractivity contribution in [3.05, 3.63) is 27.2 Å². The average molecular weight is 235 g/mol. The van der Waals surface area contributed by atoms with Gasteiger partial charge in [0.05, 0.1) is 10.6 Å². The molecule has 0 amide bonds. The maximum atomic E-state index is 10.3. The van der Waals surface area contributed by atoms with E-state index in [4.69, 9.17) is 16.7 Å². The summed E-state index contributed by atoms with van der Waals surface area (Å²) in [6, 6.07) is 2.78. The number of hydrogen-bond acceptors (Lipinski definition) is 2. The summed E-state index contributed by atoms with van der Waals surface area (Å²) in [5, 5.41) is 9.50. The van der Waals surface area contributed by atoms with Crippen molar-refractivity contribution in [1.29, 1.82) is 0 Å². The second kappa shape index (κ2) is 3.24. The molecule has 0 aliphatic carbocycles. The van der Waals surface area contributed by atoms with E-state index in [1.165, 1.54) is 12.1 Å². The Balaban J connectivity index is 3.31. The van der Waals surface area contributed by atoms with Gasteiger partial charge in [-0.25, -0.2) is 0 Å². The highest BCUT2D eigenvalue weighted by atomic mass is 79.9. The minimum atomic E-state index is -0.0729. The first-order chi connectivity index (χ1) is 5.15. The van der Waals surface area contributed by atoms with Crippen LogP contribution in [0.2, 0.25) is 5.02 Å². The number of rotatable bonds is 1. The van der Waals surface area contributed by atoms with Gasteiger partial charge in [-0.3, -0.25) is 4.79 Å². The molecule has 4 heteroatoms. The number of phenolic OH excluding ortho intramolecular Hbond substituents is 1. The van der Waals surface area contributed by atoms with Crippen LogP contribution >= 0.6 is 27.5 Å². The van der Waals surface area contributed by atoms with Gasteiger partial charge in [0.25, 0.3) is 0 Å². The largest absolute Gasteiger partial charge is 0.507 e. The van der Waals surface area contributed by atoms with Gasteiger partial charge in [0, 0.05) is 4.47 Å². The lowest BCUT2D eigenvalue weighted by atomic mass is 10.2. The lowest BCUT2D eigenvalue weighted by molar-refractivity contribution is 0.112. The topological polar surface area (TPSA) is 37.3 Å². The Kier molecular flexibility index (Phi) is 2.52. The summed E-state index contributed by atoms with van der Waals surface area (Å²) in [6.07, 6.45) is 0.549. The summed E-state index contributed by atoms with van der Waals surface area (Å²) in [6.45, 7) is 0. The second-order valence-electron chi connectivity index (χ2n) is 1.94. The standard InChI is InChI=1S/C7H4BrClO2/c8-5-2-7(11)4(3-10)1-6(5)9/h1-3,11H. The van der Waals surface area contributed by atoms with Crippen LogP contribution in [0.15, 0.2) is 16.6 Å². The number of carbonyl (C=O) groups is 1. The van der Waals surface area contributed by atoms with E-state index in [1.807, 2.05) is 0 Å². The second-order valence-corrected chi connectivity index (χ2v) is 3.20. The van der Waals surface area contributed by atoms with Crippen molar-refractivity contribution in [3.8, 4) is 5.75 Å². The van der Waals surface area contributed by atoms with Crippen molar-refractivity contribution in [2.45, 2.75) is 0 Å². The van der Waals surface area contributed by atoms with Crippen molar-refractivity contribution >= 4 is 33.8 Å². The highest BCUT2D eigenvalue weighted by Crippen LogP contribution is 2.28. The van der Waals surface area contributed by atoms with Crippen LogP contribution in [0.4, 0.5) is 0 Å². The van der Waals surface area contributed by atoms with Gasteiger partial charge in [0.1, 0.15) is 5.75 Å². The van der Waals surface area contributed by atoms with Crippen LogP contribution < -0.4 is 0 Å². The molecule has 1 aromatic carbocycles. The Morgan fingerprint density at radius 3 is 2.73 bits per heavy atom. The van der Waals surface area contributed by atoms with Gasteiger partial charge in [-0.1, -0.05) is 11.6 Å². The molecular weight excluding hydrogens is 231 g/mol. The molecule has 1 N–H and O–H groups in total. The van der Waals surface area contributed by atoms with Gasteiger partial charge < -0.3 is 5.11 Å². The molecule has 58 valence electrons. The Labute approximate surface area is 76.9 Å². The van der Waals surface area contributed by atoms with Crippen LogP contribution in [-0.2, 0) is 0 Å². The third-order valence-electron chi connectivity index (χ3n) is 1.20. The number of halogens is 2. The highest BCUT2D eigenvalue weighted by molar-refractivity contribution is 9.10. The van der Waals surface area contributed by atoms with E-state index in [0.29, 0.717) is 15.8 Å². The molecule has 0 saturated heterocycles. The lowest BCUT2D eigenvalue weighted by Gasteiger charge is -1.99. The van der Waals surface area contributed by atoms with Crippen molar-refractivity contribution in [1.82, 2.24) is 0 Å². The number of aldehydes is 1. The third-order valence-corrected chi connectivity index (χ3v) is 2.39. The van der Waals surface area contributed by atoms with E-state index < -0.39 is 0 Å². The molecule has 1 rings (SSSR count). The van der Waals surface area contributed by atoms with Crippen molar-refractivity contribution in [2.75, 3.05) is 0 Å².